The smallest absolute Gasteiger partial charge is 0.181 e. The highest BCUT2D eigenvalue weighted by atomic mass is 35.5. The molecule has 0 saturated heterocycles. The third-order valence-corrected chi connectivity index (χ3v) is 9.95. The van der Waals surface area contributed by atoms with Gasteiger partial charge in [0.05, 0.1) is 42.0 Å². The quantitative estimate of drug-likeness (QED) is 0.303. The Hall–Kier alpha value is -0.900. The Bertz CT molecular complexity index is 1110. The number of benzene rings is 2. The van der Waals surface area contributed by atoms with E-state index in [4.69, 9.17) is 23.2 Å². The predicted octanol–water partition coefficient (Wildman–Crippen LogP) is 5.91. The molecular formula is C18H14Cl2N2O2S4. The monoisotopic (exact) mass is 488 g/mol. The summed E-state index contributed by atoms with van der Waals surface area (Å²) >= 11 is 14.8. The van der Waals surface area contributed by atoms with Crippen LogP contribution in [-0.4, -0.2) is 29.9 Å². The van der Waals surface area contributed by atoms with Gasteiger partial charge >= 0.3 is 0 Å². The van der Waals surface area contributed by atoms with Gasteiger partial charge in [0, 0.05) is 21.6 Å². The van der Waals surface area contributed by atoms with Crippen LogP contribution in [0.15, 0.2) is 45.1 Å². The summed E-state index contributed by atoms with van der Waals surface area (Å²) in [6.07, 6.45) is 1.43. The van der Waals surface area contributed by atoms with Crippen molar-refractivity contribution in [3.05, 3.63) is 46.4 Å². The first kappa shape index (κ1) is 20.4. The number of hydrogen-bond donors (Lipinski definition) is 0. The molecule has 0 aliphatic carbocycles. The van der Waals surface area contributed by atoms with Crippen LogP contribution < -0.4 is 0 Å². The van der Waals surface area contributed by atoms with E-state index in [1.54, 1.807) is 12.1 Å². The van der Waals surface area contributed by atoms with Crippen LogP contribution in [0.4, 0.5) is 0 Å². The summed E-state index contributed by atoms with van der Waals surface area (Å²) in [6.45, 7) is 0. The first-order valence-electron chi connectivity index (χ1n) is 8.38. The topological polar surface area (TPSA) is 59.9 Å². The molecule has 0 radical (unpaired) electrons. The molecule has 0 aliphatic rings. The molecule has 0 amide bonds. The van der Waals surface area contributed by atoms with Crippen molar-refractivity contribution in [2.75, 3.05) is 11.5 Å². The zero-order valence-corrected chi connectivity index (χ0v) is 19.2. The fraction of sp³-hybridized carbons (Fsp3) is 0.222. The van der Waals surface area contributed by atoms with Gasteiger partial charge in [-0.2, -0.15) is 0 Å². The van der Waals surface area contributed by atoms with E-state index >= 15 is 0 Å². The second-order valence-electron chi connectivity index (χ2n) is 5.99. The first-order chi connectivity index (χ1) is 13.5. The van der Waals surface area contributed by atoms with Crippen LogP contribution in [0.2, 0.25) is 10.0 Å². The van der Waals surface area contributed by atoms with E-state index < -0.39 is 21.6 Å². The molecule has 4 rings (SSSR count). The fourth-order valence-electron chi connectivity index (χ4n) is 2.59. The predicted molar refractivity (Wildman–Crippen MR) is 121 cm³/mol. The van der Waals surface area contributed by atoms with E-state index in [0.717, 1.165) is 20.4 Å². The maximum absolute atomic E-state index is 12.5. The normalized spacial score (nSPS) is 13.9. The van der Waals surface area contributed by atoms with E-state index in [2.05, 4.69) is 9.97 Å². The maximum atomic E-state index is 12.5. The molecule has 2 atom stereocenters. The van der Waals surface area contributed by atoms with Crippen molar-refractivity contribution in [2.45, 2.75) is 21.5 Å². The van der Waals surface area contributed by atoms with Crippen molar-refractivity contribution in [3.63, 3.8) is 0 Å². The van der Waals surface area contributed by atoms with Gasteiger partial charge in [-0.15, -0.1) is 22.7 Å². The maximum Gasteiger partial charge on any atom is 0.181 e. The summed E-state index contributed by atoms with van der Waals surface area (Å²) in [7, 11) is -2.32. The van der Waals surface area contributed by atoms with E-state index in [1.807, 2.05) is 24.3 Å². The fourth-order valence-corrected chi connectivity index (χ4v) is 8.00. The molecule has 2 aromatic carbocycles. The Morgan fingerprint density at radius 3 is 1.61 bits per heavy atom. The van der Waals surface area contributed by atoms with Crippen molar-refractivity contribution in [3.8, 4) is 0 Å². The molecule has 4 aromatic rings. The van der Waals surface area contributed by atoms with Gasteiger partial charge in [-0.3, -0.25) is 8.42 Å². The lowest BCUT2D eigenvalue weighted by atomic mass is 10.3. The summed E-state index contributed by atoms with van der Waals surface area (Å²) in [5.41, 5.74) is 1.63. The number of hydrogen-bond acceptors (Lipinski definition) is 6. The summed E-state index contributed by atoms with van der Waals surface area (Å²) < 4.78 is 28.1. The van der Waals surface area contributed by atoms with Gasteiger partial charge in [-0.1, -0.05) is 23.2 Å². The lowest BCUT2D eigenvalue weighted by Gasteiger charge is -1.99. The third kappa shape index (κ3) is 4.63. The highest BCUT2D eigenvalue weighted by molar-refractivity contribution is 7.87. The standard InChI is InChI=1S/C18H14Cl2N2O2S4/c19-11-3-5-13-15(9-11)25-17(21-13)27(23)7-1-2-8-28(24)18-22-14-6-4-12(20)10-16(14)26-18/h3-6,9-10H,1-2,7-8H2. The number of unbranched alkanes of at least 4 members (excludes halogenated alkanes) is 1. The van der Waals surface area contributed by atoms with Gasteiger partial charge in [0.15, 0.2) is 8.68 Å². The molecule has 28 heavy (non-hydrogen) atoms. The van der Waals surface area contributed by atoms with Gasteiger partial charge in [0.25, 0.3) is 0 Å². The number of thiazole rings is 2. The summed E-state index contributed by atoms with van der Waals surface area (Å²) in [5, 5.41) is 1.29. The van der Waals surface area contributed by atoms with Crippen LogP contribution in [0.3, 0.4) is 0 Å². The Kier molecular flexibility index (Phi) is 6.44. The average Bonchev–Trinajstić information content (AvgIpc) is 3.28. The Labute approximate surface area is 184 Å². The van der Waals surface area contributed by atoms with Crippen molar-refractivity contribution in [1.82, 2.24) is 9.97 Å². The van der Waals surface area contributed by atoms with E-state index in [9.17, 15) is 8.42 Å². The van der Waals surface area contributed by atoms with Crippen LogP contribution in [0.1, 0.15) is 12.8 Å². The number of nitrogens with zero attached hydrogens (tertiary/aromatic N) is 2. The number of halogens is 2. The number of aromatic nitrogens is 2. The van der Waals surface area contributed by atoms with Gasteiger partial charge in [-0.05, 0) is 49.2 Å². The average molecular weight is 489 g/mol. The first-order valence-corrected chi connectivity index (χ1v) is 13.4. The van der Waals surface area contributed by atoms with Crippen LogP contribution in [-0.2, 0) is 21.6 Å². The number of rotatable bonds is 7. The molecule has 0 saturated carbocycles. The highest BCUT2D eigenvalue weighted by Crippen LogP contribution is 2.28. The summed E-state index contributed by atoms with van der Waals surface area (Å²) in [4.78, 5) is 8.85. The lowest BCUT2D eigenvalue weighted by Crippen LogP contribution is -2.02. The third-order valence-electron chi connectivity index (χ3n) is 3.96. The molecule has 0 N–H and O–H groups in total. The van der Waals surface area contributed by atoms with E-state index in [-0.39, 0.29) is 0 Å². The highest BCUT2D eigenvalue weighted by Gasteiger charge is 2.13. The minimum absolute atomic E-state index is 0.500. The second-order valence-corrected chi connectivity index (χ2v) is 12.4. The van der Waals surface area contributed by atoms with Crippen molar-refractivity contribution >= 4 is 87.9 Å². The Balaban J connectivity index is 1.31. The van der Waals surface area contributed by atoms with Crippen LogP contribution in [0.25, 0.3) is 20.4 Å². The molecule has 2 unspecified atom stereocenters. The minimum atomic E-state index is -1.16. The van der Waals surface area contributed by atoms with Crippen LogP contribution >= 0.6 is 45.9 Å². The minimum Gasteiger partial charge on any atom is -0.252 e. The van der Waals surface area contributed by atoms with Crippen LogP contribution in [0.5, 0.6) is 0 Å². The van der Waals surface area contributed by atoms with E-state index in [1.165, 1.54) is 22.7 Å². The largest absolute Gasteiger partial charge is 0.252 e. The van der Waals surface area contributed by atoms with Crippen molar-refractivity contribution in [2.24, 2.45) is 0 Å². The van der Waals surface area contributed by atoms with Gasteiger partial charge in [-0.25, -0.2) is 9.97 Å². The molecule has 0 bridgehead atoms. The van der Waals surface area contributed by atoms with Gasteiger partial charge in [0.1, 0.15) is 0 Å². The zero-order valence-electron chi connectivity index (χ0n) is 14.4. The van der Waals surface area contributed by atoms with E-state index in [0.29, 0.717) is 43.1 Å². The molecular weight excluding hydrogens is 475 g/mol. The molecule has 4 nitrogen and oxygen atoms in total. The molecule has 146 valence electrons. The summed E-state index contributed by atoms with van der Waals surface area (Å²) in [6, 6.07) is 10.9. The van der Waals surface area contributed by atoms with Crippen LogP contribution in [0, 0.1) is 0 Å². The lowest BCUT2D eigenvalue weighted by molar-refractivity contribution is 0.673. The molecule has 10 heteroatoms. The molecule has 0 aliphatic heterocycles. The zero-order chi connectivity index (χ0) is 19.7. The molecule has 0 spiro atoms. The molecule has 0 fully saturated rings. The van der Waals surface area contributed by atoms with Crippen molar-refractivity contribution in [1.29, 1.82) is 0 Å². The number of fused-ring (bicyclic) bond motifs is 2. The Morgan fingerprint density at radius 1 is 0.750 bits per heavy atom. The second kappa shape index (κ2) is 8.85. The molecule has 2 aromatic heterocycles. The van der Waals surface area contributed by atoms with Gasteiger partial charge in [0.2, 0.25) is 0 Å². The Morgan fingerprint density at radius 2 is 1.18 bits per heavy atom. The molecule has 2 heterocycles. The van der Waals surface area contributed by atoms with Crippen molar-refractivity contribution < 1.29 is 8.42 Å². The SMILES string of the molecule is O=S(CCCCS(=O)c1nc2ccc(Cl)cc2s1)c1nc2ccc(Cl)cc2s1. The van der Waals surface area contributed by atoms with Gasteiger partial charge < -0.3 is 0 Å². The summed E-state index contributed by atoms with van der Waals surface area (Å²) in [5.74, 6) is 1.00.